The minimum absolute atomic E-state index is 0.0485. The summed E-state index contributed by atoms with van der Waals surface area (Å²) in [7, 11) is 0. The lowest BCUT2D eigenvalue weighted by Gasteiger charge is -2.26. The molecule has 0 saturated carbocycles. The molecule has 152 valence electrons. The van der Waals surface area contributed by atoms with Gasteiger partial charge in [-0.3, -0.25) is 4.57 Å². The zero-order chi connectivity index (χ0) is 21.2. The molecule has 1 aliphatic rings. The Morgan fingerprint density at radius 2 is 2.10 bits per heavy atom. The lowest BCUT2D eigenvalue weighted by atomic mass is 10.1. The largest absolute Gasteiger partial charge is 0.459 e. The van der Waals surface area contributed by atoms with Gasteiger partial charge in [0.05, 0.1) is 5.56 Å². The van der Waals surface area contributed by atoms with Crippen LogP contribution in [0, 0.1) is 6.92 Å². The Labute approximate surface area is 163 Å². The van der Waals surface area contributed by atoms with Crippen molar-refractivity contribution in [3.8, 4) is 0 Å². The number of aliphatic hydroxyl groups excluding tert-OH is 2. The van der Waals surface area contributed by atoms with E-state index in [1.807, 2.05) is 6.92 Å². The number of nitrogens with zero attached hydrogens (tertiary/aromatic N) is 5. The minimum Gasteiger partial charge on any atom is -0.459 e. The van der Waals surface area contributed by atoms with Crippen molar-refractivity contribution in [1.82, 2.24) is 9.55 Å². The Balaban J connectivity index is 1.85. The van der Waals surface area contributed by atoms with E-state index in [9.17, 15) is 19.8 Å². The summed E-state index contributed by atoms with van der Waals surface area (Å²) in [6.07, 6.45) is -3.72. The van der Waals surface area contributed by atoms with Gasteiger partial charge < -0.3 is 25.4 Å². The fraction of sp³-hybridized carbons (Fsp3) is 0.353. The molecule has 0 aliphatic carbocycles. The highest BCUT2D eigenvalue weighted by Crippen LogP contribution is 2.38. The second-order valence-electron chi connectivity index (χ2n) is 6.46. The zero-order valence-corrected chi connectivity index (χ0v) is 15.2. The van der Waals surface area contributed by atoms with Gasteiger partial charge in [-0.25, -0.2) is 9.59 Å². The highest BCUT2D eigenvalue weighted by Gasteiger charge is 2.56. The van der Waals surface area contributed by atoms with Gasteiger partial charge in [0.25, 0.3) is 0 Å². The first-order valence-electron chi connectivity index (χ1n) is 8.46. The lowest BCUT2D eigenvalue weighted by Crippen LogP contribution is -2.45. The number of ether oxygens (including phenoxy) is 2. The normalized spacial score (nSPS) is 26.0. The molecule has 2 heterocycles. The number of aromatic nitrogens is 2. The van der Waals surface area contributed by atoms with Crippen molar-refractivity contribution >= 4 is 11.8 Å². The van der Waals surface area contributed by atoms with E-state index >= 15 is 0 Å². The van der Waals surface area contributed by atoms with E-state index in [1.165, 1.54) is 12.3 Å². The smallest absolute Gasteiger partial charge is 0.351 e. The quantitative estimate of drug-likeness (QED) is 0.275. The summed E-state index contributed by atoms with van der Waals surface area (Å²) in [5.41, 5.74) is 12.5. The molecule has 0 spiro atoms. The Kier molecular flexibility index (Phi) is 5.52. The number of nitrogen functional groups attached to an aromatic ring is 1. The molecule has 0 radical (unpaired) electrons. The number of esters is 1. The average molecular weight is 402 g/mol. The molecule has 1 aliphatic heterocycles. The van der Waals surface area contributed by atoms with Crippen LogP contribution < -0.4 is 11.4 Å². The van der Waals surface area contributed by atoms with Crippen LogP contribution in [-0.2, 0) is 9.47 Å². The molecule has 4 atom stereocenters. The van der Waals surface area contributed by atoms with Crippen LogP contribution in [0.1, 0.15) is 22.1 Å². The van der Waals surface area contributed by atoms with Crippen LogP contribution in [0.5, 0.6) is 0 Å². The predicted molar refractivity (Wildman–Crippen MR) is 98.4 cm³/mol. The Morgan fingerprint density at radius 3 is 2.72 bits per heavy atom. The molecule has 1 saturated heterocycles. The number of benzene rings is 1. The van der Waals surface area contributed by atoms with Crippen LogP contribution in [0.2, 0.25) is 0 Å². The van der Waals surface area contributed by atoms with E-state index in [4.69, 9.17) is 20.7 Å². The second kappa shape index (κ2) is 7.89. The third-order valence-corrected chi connectivity index (χ3v) is 4.44. The lowest BCUT2D eigenvalue weighted by molar-refractivity contribution is -0.127. The third-order valence-electron chi connectivity index (χ3n) is 4.44. The number of anilines is 1. The van der Waals surface area contributed by atoms with E-state index < -0.39 is 42.4 Å². The topological polar surface area (TPSA) is 186 Å². The number of hydrogen-bond acceptors (Lipinski definition) is 9. The van der Waals surface area contributed by atoms with Gasteiger partial charge >= 0.3 is 11.7 Å². The molecule has 1 fully saturated rings. The number of aryl methyl sites for hydroxylation is 1. The monoisotopic (exact) mass is 402 g/mol. The van der Waals surface area contributed by atoms with Crippen LogP contribution in [0.25, 0.3) is 10.4 Å². The summed E-state index contributed by atoms with van der Waals surface area (Å²) in [5.74, 6) is -0.801. The summed E-state index contributed by atoms with van der Waals surface area (Å²) in [6.45, 7) is 1.15. The maximum atomic E-state index is 12.3. The van der Waals surface area contributed by atoms with E-state index in [-0.39, 0.29) is 11.4 Å². The molecule has 0 amide bonds. The maximum absolute atomic E-state index is 12.3. The van der Waals surface area contributed by atoms with Crippen molar-refractivity contribution in [2.24, 2.45) is 5.11 Å². The summed E-state index contributed by atoms with van der Waals surface area (Å²) in [5, 5.41) is 24.2. The summed E-state index contributed by atoms with van der Waals surface area (Å²) in [4.78, 5) is 30.4. The standard InChI is InChI=1S/C17H18N6O6/c1-9-2-4-10(5-3-9)15(26)28-8-17(21-22-19)13(25)12(24)14(29-17)23-7-6-11(18)20-16(23)27/h2-7,12-14,24-25H,8H2,1H3,(H2,18,20,27)/t12-,13+,14+,17-/m1/s1. The van der Waals surface area contributed by atoms with Crippen LogP contribution in [-0.4, -0.2) is 50.3 Å². The van der Waals surface area contributed by atoms with Gasteiger partial charge in [0.1, 0.15) is 24.6 Å². The number of rotatable bonds is 5. The fourth-order valence-corrected chi connectivity index (χ4v) is 2.86. The molecule has 4 N–H and O–H groups in total. The second-order valence-corrected chi connectivity index (χ2v) is 6.46. The van der Waals surface area contributed by atoms with Crippen molar-refractivity contribution < 1.29 is 24.5 Å². The summed E-state index contributed by atoms with van der Waals surface area (Å²) >= 11 is 0. The molecule has 1 aromatic carbocycles. The molecule has 3 rings (SSSR count). The molecule has 12 nitrogen and oxygen atoms in total. The fourth-order valence-electron chi connectivity index (χ4n) is 2.86. The van der Waals surface area contributed by atoms with Crippen molar-refractivity contribution in [2.45, 2.75) is 31.1 Å². The predicted octanol–water partition coefficient (Wildman–Crippen LogP) is 0.248. The Morgan fingerprint density at radius 1 is 1.41 bits per heavy atom. The van der Waals surface area contributed by atoms with Crippen molar-refractivity contribution in [3.63, 3.8) is 0 Å². The number of carbonyl (C=O) groups excluding carboxylic acids is 1. The third kappa shape index (κ3) is 3.91. The van der Waals surface area contributed by atoms with E-state index in [0.29, 0.717) is 0 Å². The highest BCUT2D eigenvalue weighted by molar-refractivity contribution is 5.89. The van der Waals surface area contributed by atoms with Crippen molar-refractivity contribution in [2.75, 3.05) is 12.3 Å². The highest BCUT2D eigenvalue weighted by atomic mass is 16.6. The molecule has 29 heavy (non-hydrogen) atoms. The zero-order valence-electron chi connectivity index (χ0n) is 15.2. The molecular weight excluding hydrogens is 384 g/mol. The first-order valence-corrected chi connectivity index (χ1v) is 8.46. The van der Waals surface area contributed by atoms with Gasteiger partial charge in [-0.2, -0.15) is 4.98 Å². The van der Waals surface area contributed by atoms with Gasteiger partial charge in [-0.05, 0) is 30.7 Å². The number of nitrogens with two attached hydrogens (primary N) is 1. The van der Waals surface area contributed by atoms with E-state index in [1.54, 1.807) is 24.3 Å². The Hall–Kier alpha value is -3.44. The Bertz CT molecular complexity index is 1020. The molecular formula is C17H18N6O6. The van der Waals surface area contributed by atoms with Crippen LogP contribution >= 0.6 is 0 Å². The first-order chi connectivity index (χ1) is 13.8. The van der Waals surface area contributed by atoms with E-state index in [0.717, 1.165) is 10.1 Å². The van der Waals surface area contributed by atoms with Gasteiger partial charge in [0.15, 0.2) is 6.23 Å². The number of azide groups is 1. The van der Waals surface area contributed by atoms with Gasteiger partial charge in [-0.1, -0.05) is 22.8 Å². The number of aliphatic hydroxyl groups is 2. The van der Waals surface area contributed by atoms with Gasteiger partial charge in [-0.15, -0.1) is 0 Å². The van der Waals surface area contributed by atoms with Crippen LogP contribution in [0.3, 0.4) is 0 Å². The number of hydrogen-bond donors (Lipinski definition) is 3. The van der Waals surface area contributed by atoms with Crippen LogP contribution in [0.4, 0.5) is 5.82 Å². The maximum Gasteiger partial charge on any atom is 0.351 e. The van der Waals surface area contributed by atoms with Gasteiger partial charge in [0.2, 0.25) is 5.72 Å². The summed E-state index contributed by atoms with van der Waals surface area (Å²) < 4.78 is 11.5. The summed E-state index contributed by atoms with van der Waals surface area (Å²) in [6, 6.07) is 7.79. The molecule has 2 aromatic rings. The van der Waals surface area contributed by atoms with Crippen molar-refractivity contribution in [1.29, 1.82) is 0 Å². The number of carbonyl (C=O) groups is 1. The van der Waals surface area contributed by atoms with Crippen molar-refractivity contribution in [3.05, 3.63) is 68.6 Å². The first kappa shape index (κ1) is 20.3. The van der Waals surface area contributed by atoms with Crippen LogP contribution in [0.15, 0.2) is 46.4 Å². The SMILES string of the molecule is Cc1ccc(C(=O)OC[C@@]2(N=[N+]=[N-])O[C@H](n3ccc(N)nc3=O)[C@H](O)[C@@H]2O)cc1. The van der Waals surface area contributed by atoms with Gasteiger partial charge in [0, 0.05) is 11.1 Å². The minimum atomic E-state index is -2.15. The molecule has 0 unspecified atom stereocenters. The average Bonchev–Trinajstić information content (AvgIpc) is 2.92. The van der Waals surface area contributed by atoms with E-state index in [2.05, 4.69) is 15.0 Å². The molecule has 1 aromatic heterocycles. The molecule has 12 heteroatoms. The molecule has 0 bridgehead atoms.